The van der Waals surface area contributed by atoms with Gasteiger partial charge in [0.25, 0.3) is 0 Å². The van der Waals surface area contributed by atoms with Crippen molar-refractivity contribution in [2.75, 3.05) is 19.0 Å². The van der Waals surface area contributed by atoms with Gasteiger partial charge in [-0.1, -0.05) is 35.9 Å². The average Bonchev–Trinajstić information content (AvgIpc) is 3.17. The van der Waals surface area contributed by atoms with Gasteiger partial charge in [0.2, 0.25) is 5.95 Å². The largest absolute Gasteiger partial charge is 0.493 e. The zero-order valence-electron chi connectivity index (χ0n) is 15.6. The topological polar surface area (TPSA) is 61.2 Å². The van der Waals surface area contributed by atoms with E-state index in [-0.39, 0.29) is 6.04 Å². The number of hydrogen-bond acceptors (Lipinski definition) is 5. The average molecular weight is 362 g/mol. The maximum absolute atomic E-state index is 5.64. The fraction of sp³-hybridized carbons (Fsp3) is 0.238. The van der Waals surface area contributed by atoms with Crippen LogP contribution in [0.2, 0.25) is 0 Å². The van der Waals surface area contributed by atoms with Crippen LogP contribution < -0.4 is 14.8 Å². The SMILES string of the molecule is CCOc1ccc(C2C=C(c3ccc(C)cc3)Nc3ncnn32)cc1OC. The Balaban J connectivity index is 1.77. The third-order valence-corrected chi connectivity index (χ3v) is 4.60. The normalized spacial score (nSPS) is 15.5. The molecular formula is C21H22N4O2. The van der Waals surface area contributed by atoms with Crippen LogP contribution in [0.5, 0.6) is 11.5 Å². The summed E-state index contributed by atoms with van der Waals surface area (Å²) in [5.74, 6) is 2.16. The molecule has 2 aromatic carbocycles. The molecule has 0 amide bonds. The fourth-order valence-corrected chi connectivity index (χ4v) is 3.22. The highest BCUT2D eigenvalue weighted by molar-refractivity contribution is 5.77. The standard InChI is InChI=1S/C21H22N4O2/c1-4-27-19-10-9-16(11-20(19)26-3)18-12-17(15-7-5-14(2)6-8-15)24-21-22-13-23-25(18)21/h5-13,18H,4H2,1-3H3,(H,22,23,24). The summed E-state index contributed by atoms with van der Waals surface area (Å²) in [6.45, 7) is 4.63. The number of ether oxygens (including phenoxy) is 2. The molecule has 1 aliphatic heterocycles. The number of aryl methyl sites for hydroxylation is 1. The van der Waals surface area contributed by atoms with Gasteiger partial charge in [0.05, 0.1) is 13.7 Å². The van der Waals surface area contributed by atoms with Crippen molar-refractivity contribution in [1.82, 2.24) is 14.8 Å². The molecule has 0 saturated carbocycles. The van der Waals surface area contributed by atoms with Crippen LogP contribution in [0.1, 0.15) is 29.7 Å². The number of fused-ring (bicyclic) bond motifs is 1. The first-order valence-corrected chi connectivity index (χ1v) is 8.95. The zero-order chi connectivity index (χ0) is 18.8. The summed E-state index contributed by atoms with van der Waals surface area (Å²) in [4.78, 5) is 4.36. The van der Waals surface area contributed by atoms with Gasteiger partial charge in [-0.3, -0.25) is 0 Å². The monoisotopic (exact) mass is 362 g/mol. The quantitative estimate of drug-likeness (QED) is 0.742. The lowest BCUT2D eigenvalue weighted by molar-refractivity contribution is 0.310. The van der Waals surface area contributed by atoms with Crippen LogP contribution in [0.4, 0.5) is 5.95 Å². The summed E-state index contributed by atoms with van der Waals surface area (Å²) in [7, 11) is 1.65. The molecule has 6 nitrogen and oxygen atoms in total. The number of aromatic nitrogens is 3. The third-order valence-electron chi connectivity index (χ3n) is 4.60. The van der Waals surface area contributed by atoms with Crippen molar-refractivity contribution in [3.63, 3.8) is 0 Å². The Morgan fingerprint density at radius 2 is 1.93 bits per heavy atom. The van der Waals surface area contributed by atoms with E-state index in [9.17, 15) is 0 Å². The number of anilines is 1. The Labute approximate surface area is 158 Å². The number of benzene rings is 2. The van der Waals surface area contributed by atoms with Gasteiger partial charge in [0.15, 0.2) is 11.5 Å². The summed E-state index contributed by atoms with van der Waals surface area (Å²) < 4.78 is 13.0. The molecule has 1 atom stereocenters. The Kier molecular flexibility index (Phi) is 4.54. The molecule has 1 N–H and O–H groups in total. The molecule has 0 aliphatic carbocycles. The zero-order valence-corrected chi connectivity index (χ0v) is 15.6. The molecule has 1 unspecified atom stereocenters. The van der Waals surface area contributed by atoms with Crippen molar-refractivity contribution < 1.29 is 9.47 Å². The Morgan fingerprint density at radius 1 is 1.11 bits per heavy atom. The fourth-order valence-electron chi connectivity index (χ4n) is 3.22. The van der Waals surface area contributed by atoms with Crippen LogP contribution >= 0.6 is 0 Å². The maximum Gasteiger partial charge on any atom is 0.226 e. The van der Waals surface area contributed by atoms with E-state index in [0.29, 0.717) is 18.3 Å². The van der Waals surface area contributed by atoms with Crippen molar-refractivity contribution in [3.8, 4) is 11.5 Å². The molecule has 3 aromatic rings. The lowest BCUT2D eigenvalue weighted by atomic mass is 10.0. The van der Waals surface area contributed by atoms with Crippen LogP contribution in [0.25, 0.3) is 5.70 Å². The molecule has 0 radical (unpaired) electrons. The van der Waals surface area contributed by atoms with Crippen molar-refractivity contribution >= 4 is 11.6 Å². The van der Waals surface area contributed by atoms with E-state index in [2.05, 4.69) is 52.7 Å². The molecule has 0 saturated heterocycles. The van der Waals surface area contributed by atoms with Gasteiger partial charge in [-0.2, -0.15) is 10.1 Å². The van der Waals surface area contributed by atoms with Crippen molar-refractivity contribution in [2.45, 2.75) is 19.9 Å². The molecule has 4 rings (SSSR count). The van der Waals surface area contributed by atoms with Gasteiger partial charge in [-0.25, -0.2) is 4.68 Å². The smallest absolute Gasteiger partial charge is 0.226 e. The van der Waals surface area contributed by atoms with Crippen LogP contribution in [0, 0.1) is 6.92 Å². The van der Waals surface area contributed by atoms with E-state index in [1.807, 2.05) is 29.8 Å². The van der Waals surface area contributed by atoms with Gasteiger partial charge in [-0.05, 0) is 43.2 Å². The summed E-state index contributed by atoms with van der Waals surface area (Å²) in [6.07, 6.45) is 3.72. The number of methoxy groups -OCH3 is 1. The predicted octanol–water partition coefficient (Wildman–Crippen LogP) is 4.05. The van der Waals surface area contributed by atoms with E-state index in [4.69, 9.17) is 9.47 Å². The van der Waals surface area contributed by atoms with E-state index in [1.54, 1.807) is 13.4 Å². The predicted molar refractivity (Wildman–Crippen MR) is 105 cm³/mol. The number of hydrogen-bond donors (Lipinski definition) is 1. The molecule has 138 valence electrons. The Hall–Kier alpha value is -3.28. The summed E-state index contributed by atoms with van der Waals surface area (Å²) >= 11 is 0. The van der Waals surface area contributed by atoms with E-state index >= 15 is 0 Å². The van der Waals surface area contributed by atoms with Crippen LogP contribution in [0.15, 0.2) is 54.9 Å². The highest BCUT2D eigenvalue weighted by Crippen LogP contribution is 2.36. The second-order valence-corrected chi connectivity index (χ2v) is 6.39. The second kappa shape index (κ2) is 7.15. The molecule has 6 heteroatoms. The minimum Gasteiger partial charge on any atom is -0.493 e. The van der Waals surface area contributed by atoms with Crippen molar-refractivity contribution in [1.29, 1.82) is 0 Å². The molecule has 0 fully saturated rings. The van der Waals surface area contributed by atoms with Gasteiger partial charge in [0, 0.05) is 5.70 Å². The first kappa shape index (κ1) is 17.1. The highest BCUT2D eigenvalue weighted by atomic mass is 16.5. The number of nitrogens with one attached hydrogen (secondary N) is 1. The Bertz CT molecular complexity index is 976. The highest BCUT2D eigenvalue weighted by Gasteiger charge is 2.24. The van der Waals surface area contributed by atoms with E-state index in [0.717, 1.165) is 22.6 Å². The van der Waals surface area contributed by atoms with Crippen LogP contribution in [0.3, 0.4) is 0 Å². The number of allylic oxidation sites excluding steroid dienone is 1. The minimum absolute atomic E-state index is 0.0929. The molecule has 1 aromatic heterocycles. The van der Waals surface area contributed by atoms with Gasteiger partial charge in [0.1, 0.15) is 12.4 Å². The van der Waals surface area contributed by atoms with Crippen LogP contribution in [-0.2, 0) is 0 Å². The second-order valence-electron chi connectivity index (χ2n) is 6.39. The molecule has 2 heterocycles. The summed E-state index contributed by atoms with van der Waals surface area (Å²) in [6, 6.07) is 14.3. The van der Waals surface area contributed by atoms with Gasteiger partial charge >= 0.3 is 0 Å². The maximum atomic E-state index is 5.64. The molecule has 0 spiro atoms. The third kappa shape index (κ3) is 3.26. The summed E-state index contributed by atoms with van der Waals surface area (Å²) in [5, 5.41) is 7.76. The lowest BCUT2D eigenvalue weighted by Crippen LogP contribution is -2.20. The molecule has 0 bridgehead atoms. The summed E-state index contributed by atoms with van der Waals surface area (Å²) in [5.41, 5.74) is 4.39. The number of nitrogens with zero attached hydrogens (tertiary/aromatic N) is 3. The minimum atomic E-state index is -0.0929. The van der Waals surface area contributed by atoms with E-state index in [1.165, 1.54) is 5.56 Å². The van der Waals surface area contributed by atoms with Crippen molar-refractivity contribution in [3.05, 3.63) is 71.6 Å². The first-order chi connectivity index (χ1) is 13.2. The van der Waals surface area contributed by atoms with E-state index < -0.39 is 0 Å². The van der Waals surface area contributed by atoms with Crippen LogP contribution in [-0.4, -0.2) is 28.5 Å². The van der Waals surface area contributed by atoms with Gasteiger partial charge in [-0.15, -0.1) is 0 Å². The Morgan fingerprint density at radius 3 is 2.67 bits per heavy atom. The first-order valence-electron chi connectivity index (χ1n) is 8.95. The molecular weight excluding hydrogens is 340 g/mol. The lowest BCUT2D eigenvalue weighted by Gasteiger charge is -2.25. The number of rotatable bonds is 5. The molecule has 1 aliphatic rings. The van der Waals surface area contributed by atoms with Gasteiger partial charge < -0.3 is 14.8 Å². The molecule has 27 heavy (non-hydrogen) atoms. The van der Waals surface area contributed by atoms with Crippen molar-refractivity contribution in [2.24, 2.45) is 0 Å².